The molecule has 1 unspecified atom stereocenters. The summed E-state index contributed by atoms with van der Waals surface area (Å²) in [6.45, 7) is 1.85. The third kappa shape index (κ3) is 3.80. The molecule has 1 atom stereocenters. The summed E-state index contributed by atoms with van der Waals surface area (Å²) in [7, 11) is 0. The molecule has 1 fully saturated rings. The molecule has 126 valence electrons. The fourth-order valence-corrected chi connectivity index (χ4v) is 3.09. The number of benzene rings is 2. The Balaban J connectivity index is 1.46. The van der Waals surface area contributed by atoms with Gasteiger partial charge in [0, 0.05) is 13.0 Å². The summed E-state index contributed by atoms with van der Waals surface area (Å²) in [5.74, 6) is 0.984. The summed E-state index contributed by atoms with van der Waals surface area (Å²) < 4.78 is 18.5. The summed E-state index contributed by atoms with van der Waals surface area (Å²) in [5, 5.41) is 0. The van der Waals surface area contributed by atoms with Crippen LogP contribution in [0.4, 0.5) is 0 Å². The van der Waals surface area contributed by atoms with Crippen molar-refractivity contribution in [3.05, 3.63) is 65.7 Å². The maximum absolute atomic E-state index is 6.30. The van der Waals surface area contributed by atoms with Crippen molar-refractivity contribution >= 4 is 0 Å². The molecule has 1 aliphatic carbocycles. The Labute approximate surface area is 143 Å². The van der Waals surface area contributed by atoms with E-state index in [1.54, 1.807) is 0 Å². The first-order valence-electron chi connectivity index (χ1n) is 8.86. The fraction of sp³-hybridized carbons (Fsp3) is 0.429. The molecule has 2 aromatic carbocycles. The van der Waals surface area contributed by atoms with Crippen molar-refractivity contribution in [3.8, 4) is 5.75 Å². The third-order valence-corrected chi connectivity index (χ3v) is 4.76. The van der Waals surface area contributed by atoms with Crippen LogP contribution in [0.25, 0.3) is 0 Å². The van der Waals surface area contributed by atoms with Crippen LogP contribution in [0.1, 0.15) is 30.4 Å². The van der Waals surface area contributed by atoms with Crippen molar-refractivity contribution in [1.29, 1.82) is 0 Å². The van der Waals surface area contributed by atoms with Gasteiger partial charge in [-0.15, -0.1) is 0 Å². The largest absolute Gasteiger partial charge is 0.460 e. The number of hydrogen-bond donors (Lipinski definition) is 0. The number of fused-ring (bicyclic) bond motifs is 1. The maximum atomic E-state index is 6.30. The van der Waals surface area contributed by atoms with Crippen LogP contribution < -0.4 is 4.74 Å². The third-order valence-electron chi connectivity index (χ3n) is 4.76. The molecular weight excluding hydrogens is 300 g/mol. The lowest BCUT2D eigenvalue weighted by Gasteiger charge is -2.38. The lowest BCUT2D eigenvalue weighted by molar-refractivity contribution is -0.230. The average molecular weight is 324 g/mol. The smallest absolute Gasteiger partial charge is 0.234 e. The molecule has 0 radical (unpaired) electrons. The van der Waals surface area contributed by atoms with Crippen molar-refractivity contribution in [2.75, 3.05) is 13.2 Å². The normalized spacial score (nSPS) is 22.7. The Morgan fingerprint density at radius 2 is 1.79 bits per heavy atom. The molecule has 1 heterocycles. The highest BCUT2D eigenvalue weighted by molar-refractivity contribution is 5.35. The molecule has 1 saturated carbocycles. The number of para-hydroxylation sites is 1. The molecule has 0 bridgehead atoms. The van der Waals surface area contributed by atoms with E-state index in [9.17, 15) is 0 Å². The van der Waals surface area contributed by atoms with Gasteiger partial charge in [-0.2, -0.15) is 0 Å². The van der Waals surface area contributed by atoms with Crippen LogP contribution in [-0.4, -0.2) is 19.0 Å². The highest BCUT2D eigenvalue weighted by Crippen LogP contribution is 2.36. The summed E-state index contributed by atoms with van der Waals surface area (Å²) in [5.41, 5.74) is 2.40. The number of aryl methyl sites for hydroxylation is 1. The van der Waals surface area contributed by atoms with Crippen LogP contribution in [0.15, 0.2) is 54.6 Å². The van der Waals surface area contributed by atoms with E-state index in [0.29, 0.717) is 13.2 Å². The number of ether oxygens (including phenoxy) is 3. The molecule has 2 aromatic rings. The van der Waals surface area contributed by atoms with E-state index in [0.717, 1.165) is 36.7 Å². The van der Waals surface area contributed by atoms with E-state index in [1.807, 2.05) is 30.3 Å². The minimum Gasteiger partial charge on any atom is -0.460 e. The average Bonchev–Trinajstić information content (AvgIpc) is 3.45. The quantitative estimate of drug-likeness (QED) is 0.758. The van der Waals surface area contributed by atoms with Gasteiger partial charge in [0.2, 0.25) is 5.79 Å². The van der Waals surface area contributed by atoms with Gasteiger partial charge in [0.25, 0.3) is 0 Å². The monoisotopic (exact) mass is 324 g/mol. The van der Waals surface area contributed by atoms with E-state index in [-0.39, 0.29) is 0 Å². The first-order chi connectivity index (χ1) is 11.8. The molecule has 0 aromatic heterocycles. The predicted octanol–water partition coefficient (Wildman–Crippen LogP) is 4.35. The van der Waals surface area contributed by atoms with Crippen LogP contribution in [-0.2, 0) is 22.5 Å². The Bertz CT molecular complexity index is 666. The molecule has 3 heteroatoms. The predicted molar refractivity (Wildman–Crippen MR) is 92.9 cm³/mol. The van der Waals surface area contributed by atoms with E-state index >= 15 is 0 Å². The molecule has 0 amide bonds. The molecule has 2 aliphatic rings. The van der Waals surface area contributed by atoms with Gasteiger partial charge in [0.15, 0.2) is 0 Å². The maximum Gasteiger partial charge on any atom is 0.234 e. The standard InChI is InChI=1S/C21H24O3/c1-2-6-17(7-3-1)15-23-21(16-22-14-18-10-11-18)13-12-19-8-4-5-9-20(19)24-21/h1-9,18H,10-16H2. The SMILES string of the molecule is c1ccc(COC2(COCC3CC3)CCc3ccccc3O2)cc1. The van der Waals surface area contributed by atoms with E-state index in [4.69, 9.17) is 14.2 Å². The Hall–Kier alpha value is -1.84. The summed E-state index contributed by atoms with van der Waals surface area (Å²) in [6.07, 6.45) is 4.36. The van der Waals surface area contributed by atoms with Crippen molar-refractivity contribution in [2.24, 2.45) is 5.92 Å². The van der Waals surface area contributed by atoms with Crippen LogP contribution >= 0.6 is 0 Å². The molecule has 0 saturated heterocycles. The van der Waals surface area contributed by atoms with E-state index in [2.05, 4.69) is 24.3 Å². The van der Waals surface area contributed by atoms with Crippen LogP contribution in [0.2, 0.25) is 0 Å². The molecule has 1 aliphatic heterocycles. The second kappa shape index (κ2) is 6.96. The van der Waals surface area contributed by atoms with Crippen molar-refractivity contribution in [1.82, 2.24) is 0 Å². The molecule has 0 N–H and O–H groups in total. The molecular formula is C21H24O3. The van der Waals surface area contributed by atoms with Gasteiger partial charge in [0.1, 0.15) is 12.4 Å². The zero-order valence-corrected chi connectivity index (χ0v) is 13.9. The summed E-state index contributed by atoms with van der Waals surface area (Å²) in [6, 6.07) is 18.5. The van der Waals surface area contributed by atoms with Gasteiger partial charge < -0.3 is 14.2 Å². The van der Waals surface area contributed by atoms with Gasteiger partial charge in [-0.3, -0.25) is 0 Å². The molecule has 0 spiro atoms. The highest BCUT2D eigenvalue weighted by Gasteiger charge is 2.38. The topological polar surface area (TPSA) is 27.7 Å². The number of rotatable bonds is 7. The Morgan fingerprint density at radius 3 is 2.62 bits per heavy atom. The Kier molecular flexibility index (Phi) is 4.54. The lowest BCUT2D eigenvalue weighted by Crippen LogP contribution is -2.46. The number of hydrogen-bond acceptors (Lipinski definition) is 3. The van der Waals surface area contributed by atoms with Gasteiger partial charge in [-0.25, -0.2) is 0 Å². The molecule has 24 heavy (non-hydrogen) atoms. The zero-order valence-electron chi connectivity index (χ0n) is 13.9. The lowest BCUT2D eigenvalue weighted by atomic mass is 10.00. The first kappa shape index (κ1) is 15.7. The zero-order chi connectivity index (χ0) is 16.2. The minimum absolute atomic E-state index is 0.491. The van der Waals surface area contributed by atoms with Crippen molar-refractivity contribution < 1.29 is 14.2 Å². The van der Waals surface area contributed by atoms with Crippen LogP contribution in [0.3, 0.4) is 0 Å². The van der Waals surface area contributed by atoms with Crippen LogP contribution in [0.5, 0.6) is 5.75 Å². The second-order valence-electron chi connectivity index (χ2n) is 6.85. The highest BCUT2D eigenvalue weighted by atomic mass is 16.7. The molecule has 3 nitrogen and oxygen atoms in total. The van der Waals surface area contributed by atoms with Gasteiger partial charge in [-0.05, 0) is 42.4 Å². The van der Waals surface area contributed by atoms with E-state index < -0.39 is 5.79 Å². The minimum atomic E-state index is -0.681. The van der Waals surface area contributed by atoms with Crippen molar-refractivity contribution in [2.45, 2.75) is 38.1 Å². The molecule has 4 rings (SSSR count). The Morgan fingerprint density at radius 1 is 1.00 bits per heavy atom. The summed E-state index contributed by atoms with van der Waals surface area (Å²) >= 11 is 0. The van der Waals surface area contributed by atoms with Gasteiger partial charge in [-0.1, -0.05) is 48.5 Å². The summed E-state index contributed by atoms with van der Waals surface area (Å²) in [4.78, 5) is 0. The van der Waals surface area contributed by atoms with Gasteiger partial charge in [0.05, 0.1) is 6.61 Å². The van der Waals surface area contributed by atoms with Crippen molar-refractivity contribution in [3.63, 3.8) is 0 Å². The van der Waals surface area contributed by atoms with Crippen LogP contribution in [0, 0.1) is 5.92 Å². The fourth-order valence-electron chi connectivity index (χ4n) is 3.09. The van der Waals surface area contributed by atoms with Gasteiger partial charge >= 0.3 is 0 Å². The van der Waals surface area contributed by atoms with E-state index in [1.165, 1.54) is 18.4 Å². The first-order valence-corrected chi connectivity index (χ1v) is 8.86. The second-order valence-corrected chi connectivity index (χ2v) is 6.85.